The summed E-state index contributed by atoms with van der Waals surface area (Å²) in [5, 5.41) is 8.08. The van der Waals surface area contributed by atoms with Crippen molar-refractivity contribution in [1.29, 1.82) is 0 Å². The molecule has 2 N–H and O–H groups in total. The molecule has 2 amide bonds. The van der Waals surface area contributed by atoms with Crippen LogP contribution in [0.2, 0.25) is 0 Å². The molecule has 4 heterocycles. The van der Waals surface area contributed by atoms with E-state index in [9.17, 15) is 14.4 Å². The van der Waals surface area contributed by atoms with Gasteiger partial charge in [0.05, 0.1) is 25.4 Å². The number of hydrogen-bond acceptors (Lipinski definition) is 6. The minimum atomic E-state index is -0.543. The number of aromatic amines is 2. The van der Waals surface area contributed by atoms with Crippen molar-refractivity contribution < 1.29 is 18.7 Å². The lowest BCUT2D eigenvalue weighted by atomic mass is 9.93. The number of nitrogens with one attached hydrogen (secondary N) is 2. The second kappa shape index (κ2) is 10.6. The van der Waals surface area contributed by atoms with Crippen LogP contribution >= 0.6 is 0 Å². The highest BCUT2D eigenvalue weighted by Gasteiger charge is 2.26. The number of pyridine rings is 1. The third kappa shape index (κ3) is 5.05. The molecule has 0 aliphatic carbocycles. The molecule has 0 spiro atoms. The third-order valence-corrected chi connectivity index (χ3v) is 6.76. The lowest BCUT2D eigenvalue weighted by Gasteiger charge is -2.28. The Morgan fingerprint density at radius 1 is 1.18 bits per heavy atom. The van der Waals surface area contributed by atoms with Gasteiger partial charge in [-0.1, -0.05) is 11.3 Å². The van der Waals surface area contributed by atoms with Crippen LogP contribution in [0.15, 0.2) is 47.7 Å². The van der Waals surface area contributed by atoms with Gasteiger partial charge in [0, 0.05) is 68.6 Å². The molecule has 0 bridgehead atoms. The summed E-state index contributed by atoms with van der Waals surface area (Å²) in [6.45, 7) is 1.13. The minimum absolute atomic E-state index is 0.0761. The molecule has 0 atom stereocenters. The summed E-state index contributed by atoms with van der Waals surface area (Å²) in [7, 11) is 4.69. The number of amides is 2. The first-order valence-electron chi connectivity index (χ1n) is 12.4. The maximum Gasteiger partial charge on any atom is 0.269 e. The van der Waals surface area contributed by atoms with Crippen molar-refractivity contribution in [1.82, 2.24) is 34.8 Å². The molecule has 0 radical (unpaired) electrons. The van der Waals surface area contributed by atoms with Gasteiger partial charge in [0.2, 0.25) is 11.5 Å². The van der Waals surface area contributed by atoms with E-state index < -0.39 is 5.82 Å². The monoisotopic (exact) mass is 533 g/mol. The number of ether oxygens (including phenoxy) is 1. The smallest absolute Gasteiger partial charge is 0.269 e. The van der Waals surface area contributed by atoms with Crippen molar-refractivity contribution >= 4 is 28.3 Å². The predicted molar refractivity (Wildman–Crippen MR) is 143 cm³/mol. The van der Waals surface area contributed by atoms with Gasteiger partial charge in [-0.3, -0.25) is 19.1 Å². The second-order valence-corrected chi connectivity index (χ2v) is 9.49. The van der Waals surface area contributed by atoms with Crippen molar-refractivity contribution in [3.8, 4) is 16.9 Å². The Labute approximate surface area is 222 Å². The van der Waals surface area contributed by atoms with Crippen molar-refractivity contribution in [3.63, 3.8) is 0 Å². The number of aryl methyl sites for hydroxylation is 1. The van der Waals surface area contributed by atoms with E-state index in [1.54, 1.807) is 48.2 Å². The lowest BCUT2D eigenvalue weighted by molar-refractivity contribution is -0.131. The van der Waals surface area contributed by atoms with Crippen LogP contribution in [0, 0.1) is 5.82 Å². The fourth-order valence-corrected chi connectivity index (χ4v) is 4.78. The average Bonchev–Trinajstić information content (AvgIpc) is 3.62. The van der Waals surface area contributed by atoms with Crippen LogP contribution in [0.4, 0.5) is 4.39 Å². The first kappa shape index (κ1) is 25.9. The standard InChI is InChI=1S/C27H28FN7O4/c1-33(2)27(38)21-12-20-18(19-13-23(36)29-14-22(19)39-3)11-17(25(28)26(20)31-21)16-5-4-8-34(15-16)24(37)6-9-35-10-7-30-32-35/h5,7,10-14,31H,4,6,8-9,15H2,1-3H3,(H,29,36). The van der Waals surface area contributed by atoms with Gasteiger partial charge in [-0.15, -0.1) is 5.10 Å². The number of nitrogens with zero attached hydrogens (tertiary/aromatic N) is 5. The Bertz CT molecular complexity index is 1640. The van der Waals surface area contributed by atoms with E-state index in [4.69, 9.17) is 4.74 Å². The number of hydrogen-bond donors (Lipinski definition) is 2. The summed E-state index contributed by atoms with van der Waals surface area (Å²) >= 11 is 0. The highest BCUT2D eigenvalue weighted by Crippen LogP contribution is 2.39. The van der Waals surface area contributed by atoms with Gasteiger partial charge in [0.25, 0.3) is 5.91 Å². The van der Waals surface area contributed by atoms with E-state index >= 15 is 4.39 Å². The number of aromatic nitrogens is 5. The summed E-state index contributed by atoms with van der Waals surface area (Å²) in [5.41, 5.74) is 1.87. The maximum absolute atomic E-state index is 16.1. The normalized spacial score (nSPS) is 13.4. The molecule has 12 heteroatoms. The van der Waals surface area contributed by atoms with E-state index in [1.807, 2.05) is 6.08 Å². The largest absolute Gasteiger partial charge is 0.495 e. The van der Waals surface area contributed by atoms with Gasteiger partial charge in [-0.2, -0.15) is 0 Å². The van der Waals surface area contributed by atoms with Gasteiger partial charge in [-0.25, -0.2) is 4.39 Å². The summed E-state index contributed by atoms with van der Waals surface area (Å²) in [5.74, 6) is -0.555. The fourth-order valence-electron chi connectivity index (χ4n) is 4.78. The highest BCUT2D eigenvalue weighted by molar-refractivity contribution is 6.05. The van der Waals surface area contributed by atoms with Crippen LogP contribution in [0.1, 0.15) is 28.9 Å². The van der Waals surface area contributed by atoms with Crippen molar-refractivity contribution in [2.75, 3.05) is 34.3 Å². The average molecular weight is 534 g/mol. The van der Waals surface area contributed by atoms with Gasteiger partial charge in [-0.05, 0) is 29.7 Å². The molecule has 4 aromatic rings. The molecule has 39 heavy (non-hydrogen) atoms. The van der Waals surface area contributed by atoms with Crippen molar-refractivity contribution in [2.45, 2.75) is 19.4 Å². The Morgan fingerprint density at radius 2 is 2.00 bits per heavy atom. The Hall–Kier alpha value is -4.74. The number of rotatable bonds is 7. The van der Waals surface area contributed by atoms with E-state index in [0.29, 0.717) is 47.3 Å². The molecule has 0 fully saturated rings. The molecule has 202 valence electrons. The lowest BCUT2D eigenvalue weighted by Crippen LogP contribution is -2.36. The number of benzene rings is 1. The zero-order valence-corrected chi connectivity index (χ0v) is 21.8. The topological polar surface area (TPSA) is 129 Å². The zero-order valence-electron chi connectivity index (χ0n) is 21.8. The molecule has 0 saturated carbocycles. The molecular formula is C27H28FN7O4. The van der Waals surface area contributed by atoms with Gasteiger partial charge in [0.1, 0.15) is 11.4 Å². The third-order valence-electron chi connectivity index (χ3n) is 6.76. The number of H-pyrrole nitrogens is 2. The number of carbonyl (C=O) groups is 2. The molecule has 0 unspecified atom stereocenters. The van der Waals surface area contributed by atoms with Crippen LogP contribution in [0.3, 0.4) is 0 Å². The number of fused-ring (bicyclic) bond motifs is 1. The van der Waals surface area contributed by atoms with Crippen LogP contribution in [0.5, 0.6) is 5.75 Å². The second-order valence-electron chi connectivity index (χ2n) is 9.49. The van der Waals surface area contributed by atoms with Crippen LogP contribution in [-0.2, 0) is 11.3 Å². The Balaban J connectivity index is 1.58. The van der Waals surface area contributed by atoms with Gasteiger partial charge < -0.3 is 24.5 Å². The summed E-state index contributed by atoms with van der Waals surface area (Å²) in [6, 6.07) is 4.61. The summed E-state index contributed by atoms with van der Waals surface area (Å²) in [6.07, 6.45) is 7.39. The first-order valence-corrected chi connectivity index (χ1v) is 12.4. The molecule has 0 saturated heterocycles. The molecular weight excluding hydrogens is 505 g/mol. The predicted octanol–water partition coefficient (Wildman–Crippen LogP) is 2.67. The van der Waals surface area contributed by atoms with E-state index in [-0.39, 0.29) is 47.1 Å². The van der Waals surface area contributed by atoms with E-state index in [1.165, 1.54) is 24.3 Å². The Kier molecular flexibility index (Phi) is 7.01. The SMILES string of the molecule is COc1c[nH]c(=O)cc1-c1cc(C2=CCCN(C(=O)CCn3ccnn3)C2)c(F)c2[nH]c(C(=O)N(C)C)cc12. The number of carbonyl (C=O) groups excluding carboxylic acids is 2. The number of halogens is 1. The van der Waals surface area contributed by atoms with Crippen LogP contribution < -0.4 is 10.3 Å². The fraction of sp³-hybridized carbons (Fsp3) is 0.296. The molecule has 5 rings (SSSR count). The maximum atomic E-state index is 16.1. The summed E-state index contributed by atoms with van der Waals surface area (Å²) < 4.78 is 23.2. The van der Waals surface area contributed by atoms with Gasteiger partial charge >= 0.3 is 0 Å². The molecule has 11 nitrogen and oxygen atoms in total. The van der Waals surface area contributed by atoms with Gasteiger partial charge in [0.15, 0.2) is 5.82 Å². The van der Waals surface area contributed by atoms with E-state index in [2.05, 4.69) is 20.3 Å². The molecule has 1 aliphatic heterocycles. The van der Waals surface area contributed by atoms with Crippen LogP contribution in [-0.4, -0.2) is 80.9 Å². The Morgan fingerprint density at radius 3 is 2.72 bits per heavy atom. The van der Waals surface area contributed by atoms with Crippen molar-refractivity contribution in [3.05, 3.63) is 70.3 Å². The molecule has 3 aromatic heterocycles. The summed E-state index contributed by atoms with van der Waals surface area (Å²) in [4.78, 5) is 46.6. The highest BCUT2D eigenvalue weighted by atomic mass is 19.1. The molecule has 1 aliphatic rings. The zero-order chi connectivity index (χ0) is 27.7. The first-order chi connectivity index (χ1) is 18.8. The van der Waals surface area contributed by atoms with Crippen LogP contribution in [0.25, 0.3) is 27.6 Å². The number of methoxy groups -OCH3 is 1. The van der Waals surface area contributed by atoms with Crippen molar-refractivity contribution in [2.24, 2.45) is 0 Å². The molecule has 1 aromatic carbocycles. The minimum Gasteiger partial charge on any atom is -0.495 e. The van der Waals surface area contributed by atoms with E-state index in [0.717, 1.165) is 0 Å². The quantitative estimate of drug-likeness (QED) is 0.376.